The number of hydrogen-bond donors (Lipinski definition) is 3. The zero-order valence-corrected chi connectivity index (χ0v) is 19.8. The van der Waals surface area contributed by atoms with Crippen LogP contribution in [0.5, 0.6) is 0 Å². The summed E-state index contributed by atoms with van der Waals surface area (Å²) in [6.45, 7) is 5.44. The van der Waals surface area contributed by atoms with Gasteiger partial charge in [-0.05, 0) is 43.9 Å². The molecule has 0 aromatic carbocycles. The zero-order valence-electron chi connectivity index (χ0n) is 19.8. The van der Waals surface area contributed by atoms with Gasteiger partial charge in [-0.25, -0.2) is 4.98 Å². The number of rotatable bonds is 7. The lowest BCUT2D eigenvalue weighted by Gasteiger charge is -2.43. The van der Waals surface area contributed by atoms with Crippen LogP contribution < -0.4 is 10.2 Å². The summed E-state index contributed by atoms with van der Waals surface area (Å²) in [7, 11) is 0. The molecular formula is C25H36N6O2. The van der Waals surface area contributed by atoms with Crippen molar-refractivity contribution in [2.24, 2.45) is 23.7 Å². The van der Waals surface area contributed by atoms with Crippen molar-refractivity contribution in [3.8, 4) is 0 Å². The van der Waals surface area contributed by atoms with Crippen LogP contribution in [0, 0.1) is 30.6 Å². The molecule has 5 rings (SSSR count). The topological polar surface area (TPSA) is 107 Å². The summed E-state index contributed by atoms with van der Waals surface area (Å²) in [6.07, 6.45) is 9.86. The fraction of sp³-hybridized carbons (Fsp3) is 0.680. The highest BCUT2D eigenvalue weighted by Crippen LogP contribution is 2.40. The molecule has 3 aliphatic rings. The molecule has 2 saturated carbocycles. The number of aromatic nitrogens is 4. The number of anilines is 3. The Hall–Kier alpha value is -2.64. The van der Waals surface area contributed by atoms with Gasteiger partial charge in [-0.1, -0.05) is 39.0 Å². The van der Waals surface area contributed by atoms with Crippen molar-refractivity contribution in [1.29, 1.82) is 0 Å². The average Bonchev–Trinajstić information content (AvgIpc) is 3.57. The van der Waals surface area contributed by atoms with Gasteiger partial charge in [0.25, 0.3) is 0 Å². The summed E-state index contributed by atoms with van der Waals surface area (Å²) in [6, 6.07) is 4.01. The minimum absolute atomic E-state index is 0.109. The van der Waals surface area contributed by atoms with Crippen molar-refractivity contribution < 1.29 is 9.90 Å². The maximum Gasteiger partial charge on any atom is 0.306 e. The van der Waals surface area contributed by atoms with Crippen molar-refractivity contribution in [2.75, 3.05) is 23.3 Å². The Bertz CT molecular complexity index is 981. The number of carbonyl (C=O) groups is 1. The number of nitrogens with zero attached hydrogens (tertiary/aromatic N) is 4. The lowest BCUT2D eigenvalue weighted by Crippen LogP contribution is -2.47. The molecule has 3 heterocycles. The summed E-state index contributed by atoms with van der Waals surface area (Å²) in [5.41, 5.74) is 2.01. The van der Waals surface area contributed by atoms with Crippen LogP contribution in [0.15, 0.2) is 12.1 Å². The van der Waals surface area contributed by atoms with Gasteiger partial charge in [0.15, 0.2) is 0 Å². The summed E-state index contributed by atoms with van der Waals surface area (Å²) in [5, 5.41) is 20.6. The molecule has 8 heteroatoms. The van der Waals surface area contributed by atoms with E-state index in [4.69, 9.17) is 9.97 Å². The van der Waals surface area contributed by atoms with Gasteiger partial charge in [0, 0.05) is 36.8 Å². The minimum atomic E-state index is -0.706. The van der Waals surface area contributed by atoms with E-state index in [0.29, 0.717) is 30.2 Å². The number of H-pyrrole nitrogens is 1. The molecule has 2 aromatic heterocycles. The van der Waals surface area contributed by atoms with Gasteiger partial charge in [0.1, 0.15) is 11.6 Å². The van der Waals surface area contributed by atoms with E-state index in [-0.39, 0.29) is 11.8 Å². The van der Waals surface area contributed by atoms with Crippen LogP contribution in [0.1, 0.15) is 75.6 Å². The maximum atomic E-state index is 11.8. The summed E-state index contributed by atoms with van der Waals surface area (Å²) < 4.78 is 0. The fourth-order valence-corrected chi connectivity index (χ4v) is 5.74. The van der Waals surface area contributed by atoms with E-state index in [1.165, 1.54) is 44.9 Å². The van der Waals surface area contributed by atoms with E-state index < -0.39 is 5.97 Å². The van der Waals surface area contributed by atoms with Gasteiger partial charge < -0.3 is 15.3 Å². The Morgan fingerprint density at radius 1 is 1.12 bits per heavy atom. The Morgan fingerprint density at radius 3 is 2.64 bits per heavy atom. The number of aromatic amines is 1. The molecule has 3 fully saturated rings. The first-order valence-electron chi connectivity index (χ1n) is 12.6. The van der Waals surface area contributed by atoms with Crippen LogP contribution in [-0.4, -0.2) is 44.3 Å². The van der Waals surface area contributed by atoms with E-state index in [0.717, 1.165) is 36.0 Å². The maximum absolute atomic E-state index is 11.8. The van der Waals surface area contributed by atoms with Crippen molar-refractivity contribution in [2.45, 2.75) is 71.1 Å². The van der Waals surface area contributed by atoms with E-state index in [1.807, 2.05) is 19.9 Å². The summed E-state index contributed by atoms with van der Waals surface area (Å²) in [4.78, 5) is 23.7. The van der Waals surface area contributed by atoms with Crippen molar-refractivity contribution >= 4 is 23.6 Å². The largest absolute Gasteiger partial charge is 0.481 e. The highest BCUT2D eigenvalue weighted by Gasteiger charge is 2.38. The van der Waals surface area contributed by atoms with E-state index in [9.17, 15) is 9.90 Å². The molecular weight excluding hydrogens is 416 g/mol. The molecule has 3 N–H and O–H groups in total. The van der Waals surface area contributed by atoms with Crippen LogP contribution in [-0.2, 0) is 4.79 Å². The zero-order chi connectivity index (χ0) is 22.9. The van der Waals surface area contributed by atoms with Crippen LogP contribution >= 0.6 is 0 Å². The number of piperidine rings is 1. The Balaban J connectivity index is 1.37. The molecule has 0 amide bonds. The first kappa shape index (κ1) is 22.2. The molecule has 3 atom stereocenters. The van der Waals surface area contributed by atoms with Crippen LogP contribution in [0.2, 0.25) is 0 Å². The number of carboxylic acids is 1. The van der Waals surface area contributed by atoms with Gasteiger partial charge in [-0.2, -0.15) is 10.1 Å². The van der Waals surface area contributed by atoms with E-state index in [1.54, 1.807) is 0 Å². The molecule has 1 aliphatic heterocycles. The number of carboxylic acid groups (broad SMARTS) is 1. The SMILES string of the molecule is Cc1cc(Nc2cc(C3CC3)n[nH]2)nc(N2C[C@@H](C3CCCCC3)C[C@@H](C(C)C(=O)O)C2)n1. The fourth-order valence-electron chi connectivity index (χ4n) is 5.74. The quantitative estimate of drug-likeness (QED) is 0.550. The third kappa shape index (κ3) is 5.14. The van der Waals surface area contributed by atoms with Gasteiger partial charge in [-0.15, -0.1) is 0 Å². The normalized spacial score (nSPS) is 25.1. The molecule has 0 radical (unpaired) electrons. The lowest BCUT2D eigenvalue weighted by molar-refractivity contribution is -0.143. The van der Waals surface area contributed by atoms with Gasteiger partial charge in [0.05, 0.1) is 11.6 Å². The second-order valence-electron chi connectivity index (χ2n) is 10.5. The average molecular weight is 453 g/mol. The molecule has 2 aromatic rings. The molecule has 33 heavy (non-hydrogen) atoms. The molecule has 1 unspecified atom stereocenters. The number of aryl methyl sites for hydroxylation is 1. The van der Waals surface area contributed by atoms with Crippen LogP contribution in [0.4, 0.5) is 17.6 Å². The van der Waals surface area contributed by atoms with Crippen LogP contribution in [0.25, 0.3) is 0 Å². The van der Waals surface area contributed by atoms with E-state index >= 15 is 0 Å². The second-order valence-corrected chi connectivity index (χ2v) is 10.5. The molecule has 0 spiro atoms. The number of aliphatic carboxylic acids is 1. The Morgan fingerprint density at radius 2 is 1.91 bits per heavy atom. The lowest BCUT2D eigenvalue weighted by atomic mass is 9.72. The predicted octanol–water partition coefficient (Wildman–Crippen LogP) is 4.87. The summed E-state index contributed by atoms with van der Waals surface area (Å²) in [5.74, 6) is 3.09. The van der Waals surface area contributed by atoms with Gasteiger partial charge in [0.2, 0.25) is 5.95 Å². The predicted molar refractivity (Wildman–Crippen MR) is 128 cm³/mol. The molecule has 0 bridgehead atoms. The first-order valence-corrected chi connectivity index (χ1v) is 12.6. The molecule has 8 nitrogen and oxygen atoms in total. The highest BCUT2D eigenvalue weighted by molar-refractivity contribution is 5.70. The summed E-state index contributed by atoms with van der Waals surface area (Å²) >= 11 is 0. The highest BCUT2D eigenvalue weighted by atomic mass is 16.4. The van der Waals surface area contributed by atoms with Gasteiger partial charge >= 0.3 is 5.97 Å². The minimum Gasteiger partial charge on any atom is -0.481 e. The smallest absolute Gasteiger partial charge is 0.306 e. The second kappa shape index (κ2) is 9.31. The third-order valence-electron chi connectivity index (χ3n) is 7.91. The third-order valence-corrected chi connectivity index (χ3v) is 7.91. The number of nitrogens with one attached hydrogen (secondary N) is 2. The van der Waals surface area contributed by atoms with Crippen LogP contribution in [0.3, 0.4) is 0 Å². The standard InChI is InChI=1S/C25H36N6O2/c1-15-10-22(27-23-12-21(29-30-23)18-8-9-18)28-25(26-15)31-13-19(16(2)24(32)33)11-20(14-31)17-6-4-3-5-7-17/h10,12,16-20H,3-9,11,13-14H2,1-2H3,(H,32,33)(H2,26,27,28,29,30)/t16?,19-,20+/m1/s1. The molecule has 1 saturated heterocycles. The van der Waals surface area contributed by atoms with Crippen molar-refractivity contribution in [3.63, 3.8) is 0 Å². The Labute approximate surface area is 195 Å². The van der Waals surface area contributed by atoms with E-state index in [2.05, 4.69) is 26.5 Å². The monoisotopic (exact) mass is 452 g/mol. The Kier molecular flexibility index (Phi) is 6.25. The molecule has 2 aliphatic carbocycles. The number of hydrogen-bond acceptors (Lipinski definition) is 6. The van der Waals surface area contributed by atoms with Gasteiger partial charge in [-0.3, -0.25) is 9.89 Å². The molecule has 178 valence electrons. The van der Waals surface area contributed by atoms with Crippen molar-refractivity contribution in [3.05, 3.63) is 23.5 Å². The first-order chi connectivity index (χ1) is 16.0. The van der Waals surface area contributed by atoms with Crippen molar-refractivity contribution in [1.82, 2.24) is 20.2 Å².